The van der Waals surface area contributed by atoms with Gasteiger partial charge in [0.2, 0.25) is 0 Å². The van der Waals surface area contributed by atoms with Gasteiger partial charge in [0.05, 0.1) is 6.61 Å². The van der Waals surface area contributed by atoms with Gasteiger partial charge in [0.15, 0.2) is 0 Å². The molecule has 0 fully saturated rings. The van der Waals surface area contributed by atoms with Gasteiger partial charge in [0.1, 0.15) is 0 Å². The summed E-state index contributed by atoms with van der Waals surface area (Å²) in [5.41, 5.74) is 0. The molecular weight excluding hydrogens is 204 g/mol. The summed E-state index contributed by atoms with van der Waals surface area (Å²) in [7, 11) is 2.10. The van der Waals surface area contributed by atoms with Gasteiger partial charge in [0, 0.05) is 31.8 Å². The standard InChI is InChI=1S/C12H24N2O2/c1-5-16-12(15)7-6-8-13-9-10-14(4)11(2)3/h6-7,11,13H,5,8-10H2,1-4H3/b7-6+. The average Bonchev–Trinajstić information content (AvgIpc) is 2.23. The summed E-state index contributed by atoms with van der Waals surface area (Å²) >= 11 is 0. The van der Waals surface area contributed by atoms with E-state index in [4.69, 9.17) is 4.74 Å². The molecule has 4 nitrogen and oxygen atoms in total. The van der Waals surface area contributed by atoms with Gasteiger partial charge in [-0.15, -0.1) is 0 Å². The van der Waals surface area contributed by atoms with Gasteiger partial charge in [-0.1, -0.05) is 6.08 Å². The fourth-order valence-corrected chi connectivity index (χ4v) is 1.04. The van der Waals surface area contributed by atoms with Crippen LogP contribution in [0.1, 0.15) is 20.8 Å². The van der Waals surface area contributed by atoms with Gasteiger partial charge < -0.3 is 15.0 Å². The zero-order chi connectivity index (χ0) is 12.4. The predicted molar refractivity (Wildman–Crippen MR) is 66.4 cm³/mol. The smallest absolute Gasteiger partial charge is 0.330 e. The van der Waals surface area contributed by atoms with Crippen molar-refractivity contribution in [2.75, 3.05) is 33.3 Å². The highest BCUT2D eigenvalue weighted by Gasteiger charge is 2.00. The van der Waals surface area contributed by atoms with Crippen LogP contribution in [0.2, 0.25) is 0 Å². The third-order valence-corrected chi connectivity index (χ3v) is 2.33. The lowest BCUT2D eigenvalue weighted by Gasteiger charge is -2.20. The number of ether oxygens (including phenoxy) is 1. The molecule has 0 unspecified atom stereocenters. The fraction of sp³-hybridized carbons (Fsp3) is 0.750. The first-order chi connectivity index (χ1) is 7.57. The number of hydrogen-bond acceptors (Lipinski definition) is 4. The SMILES string of the molecule is CCOC(=O)/C=C/CNCCN(C)C(C)C. The van der Waals surface area contributed by atoms with Crippen LogP contribution in [0.4, 0.5) is 0 Å². The highest BCUT2D eigenvalue weighted by atomic mass is 16.5. The lowest BCUT2D eigenvalue weighted by atomic mass is 10.3. The van der Waals surface area contributed by atoms with Crippen molar-refractivity contribution >= 4 is 5.97 Å². The molecule has 0 aliphatic heterocycles. The molecule has 1 N–H and O–H groups in total. The molecular formula is C12H24N2O2. The number of likely N-dealkylation sites (N-methyl/N-ethyl adjacent to an activating group) is 1. The molecule has 0 saturated heterocycles. The largest absolute Gasteiger partial charge is 0.463 e. The molecule has 0 aromatic carbocycles. The molecule has 0 aromatic rings. The van der Waals surface area contributed by atoms with E-state index in [-0.39, 0.29) is 5.97 Å². The second-order valence-corrected chi connectivity index (χ2v) is 3.93. The monoisotopic (exact) mass is 228 g/mol. The Morgan fingerprint density at radius 1 is 1.50 bits per heavy atom. The average molecular weight is 228 g/mol. The van der Waals surface area contributed by atoms with Crippen LogP contribution in [-0.2, 0) is 9.53 Å². The van der Waals surface area contributed by atoms with Gasteiger partial charge in [0.25, 0.3) is 0 Å². The number of carbonyl (C=O) groups excluding carboxylic acids is 1. The Hall–Kier alpha value is -0.870. The number of nitrogens with one attached hydrogen (secondary N) is 1. The maximum absolute atomic E-state index is 10.9. The van der Waals surface area contributed by atoms with E-state index in [0.717, 1.165) is 13.1 Å². The fourth-order valence-electron chi connectivity index (χ4n) is 1.04. The van der Waals surface area contributed by atoms with Gasteiger partial charge in [-0.2, -0.15) is 0 Å². The molecule has 0 amide bonds. The van der Waals surface area contributed by atoms with Crippen molar-refractivity contribution in [3.05, 3.63) is 12.2 Å². The third kappa shape index (κ3) is 8.44. The summed E-state index contributed by atoms with van der Waals surface area (Å²) in [6, 6.07) is 0.567. The van der Waals surface area contributed by atoms with E-state index in [0.29, 0.717) is 19.2 Å². The Labute approximate surface area is 98.6 Å². The third-order valence-electron chi connectivity index (χ3n) is 2.33. The number of esters is 1. The van der Waals surface area contributed by atoms with Crippen molar-refractivity contribution < 1.29 is 9.53 Å². The van der Waals surface area contributed by atoms with Crippen molar-refractivity contribution in [2.45, 2.75) is 26.8 Å². The van der Waals surface area contributed by atoms with E-state index in [9.17, 15) is 4.79 Å². The molecule has 0 aliphatic carbocycles. The Kier molecular flexibility index (Phi) is 8.85. The molecule has 0 radical (unpaired) electrons. The first-order valence-corrected chi connectivity index (χ1v) is 5.82. The first kappa shape index (κ1) is 15.1. The molecule has 0 heterocycles. The summed E-state index contributed by atoms with van der Waals surface area (Å²) in [6.07, 6.45) is 3.25. The highest BCUT2D eigenvalue weighted by molar-refractivity contribution is 5.81. The van der Waals surface area contributed by atoms with Gasteiger partial charge >= 0.3 is 5.97 Å². The van der Waals surface area contributed by atoms with Crippen LogP contribution in [0.3, 0.4) is 0 Å². The molecule has 4 heteroatoms. The van der Waals surface area contributed by atoms with E-state index < -0.39 is 0 Å². The minimum absolute atomic E-state index is 0.274. The summed E-state index contributed by atoms with van der Waals surface area (Å²) in [5.74, 6) is -0.274. The van der Waals surface area contributed by atoms with E-state index in [1.54, 1.807) is 13.0 Å². The summed E-state index contributed by atoms with van der Waals surface area (Å²) in [4.78, 5) is 13.2. The van der Waals surface area contributed by atoms with Crippen LogP contribution in [0.25, 0.3) is 0 Å². The molecule has 94 valence electrons. The lowest BCUT2D eigenvalue weighted by Crippen LogP contribution is -2.33. The second-order valence-electron chi connectivity index (χ2n) is 3.93. The van der Waals surface area contributed by atoms with Crippen LogP contribution in [0, 0.1) is 0 Å². The lowest BCUT2D eigenvalue weighted by molar-refractivity contribution is -0.137. The van der Waals surface area contributed by atoms with Gasteiger partial charge in [-0.05, 0) is 27.8 Å². The summed E-state index contributed by atoms with van der Waals surface area (Å²) < 4.78 is 4.76. The first-order valence-electron chi connectivity index (χ1n) is 5.82. The summed E-state index contributed by atoms with van der Waals surface area (Å²) in [5, 5.41) is 3.23. The van der Waals surface area contributed by atoms with Crippen LogP contribution in [-0.4, -0.2) is 50.2 Å². The van der Waals surface area contributed by atoms with Crippen LogP contribution >= 0.6 is 0 Å². The molecule has 0 atom stereocenters. The Morgan fingerprint density at radius 2 is 2.19 bits per heavy atom. The normalized spacial score (nSPS) is 11.6. The maximum Gasteiger partial charge on any atom is 0.330 e. The molecule has 0 saturated carbocycles. The quantitative estimate of drug-likeness (QED) is 0.383. The van der Waals surface area contributed by atoms with Crippen molar-refractivity contribution in [1.82, 2.24) is 10.2 Å². The van der Waals surface area contributed by atoms with E-state index >= 15 is 0 Å². The zero-order valence-electron chi connectivity index (χ0n) is 10.8. The van der Waals surface area contributed by atoms with Gasteiger partial charge in [-0.3, -0.25) is 0 Å². The van der Waals surface area contributed by atoms with E-state index in [2.05, 4.69) is 31.1 Å². The zero-order valence-corrected chi connectivity index (χ0v) is 10.8. The van der Waals surface area contributed by atoms with Crippen LogP contribution < -0.4 is 5.32 Å². The number of carbonyl (C=O) groups is 1. The summed E-state index contributed by atoms with van der Waals surface area (Å²) in [6.45, 7) is 9.18. The Bertz CT molecular complexity index is 215. The van der Waals surface area contributed by atoms with Crippen LogP contribution in [0.15, 0.2) is 12.2 Å². The topological polar surface area (TPSA) is 41.6 Å². The number of nitrogens with zero attached hydrogens (tertiary/aromatic N) is 1. The molecule has 0 bridgehead atoms. The Morgan fingerprint density at radius 3 is 2.75 bits per heavy atom. The molecule has 16 heavy (non-hydrogen) atoms. The van der Waals surface area contributed by atoms with Crippen molar-refractivity contribution in [1.29, 1.82) is 0 Å². The maximum atomic E-state index is 10.9. The van der Waals surface area contributed by atoms with Crippen LogP contribution in [0.5, 0.6) is 0 Å². The van der Waals surface area contributed by atoms with Gasteiger partial charge in [-0.25, -0.2) is 4.79 Å². The minimum atomic E-state index is -0.274. The number of rotatable bonds is 8. The van der Waals surface area contributed by atoms with E-state index in [1.165, 1.54) is 6.08 Å². The molecule has 0 spiro atoms. The number of hydrogen-bond donors (Lipinski definition) is 1. The highest BCUT2D eigenvalue weighted by Crippen LogP contribution is 1.90. The molecule has 0 aliphatic rings. The van der Waals surface area contributed by atoms with Crippen molar-refractivity contribution in [3.63, 3.8) is 0 Å². The Balaban J connectivity index is 3.43. The molecule has 0 rings (SSSR count). The second kappa shape index (κ2) is 9.36. The van der Waals surface area contributed by atoms with E-state index in [1.807, 2.05) is 0 Å². The van der Waals surface area contributed by atoms with Crippen molar-refractivity contribution in [2.24, 2.45) is 0 Å². The minimum Gasteiger partial charge on any atom is -0.463 e. The van der Waals surface area contributed by atoms with Crippen molar-refractivity contribution in [3.8, 4) is 0 Å². The molecule has 0 aromatic heterocycles. The predicted octanol–water partition coefficient (Wildman–Crippen LogP) is 1.04.